The van der Waals surface area contributed by atoms with Crippen LogP contribution in [-0.2, 0) is 19.7 Å². The third kappa shape index (κ3) is 3.26. The fourth-order valence-corrected chi connectivity index (χ4v) is 5.82. The Hall–Kier alpha value is -3.73. The van der Waals surface area contributed by atoms with Crippen LogP contribution >= 0.6 is 0 Å². The van der Waals surface area contributed by atoms with Gasteiger partial charge in [-0.25, -0.2) is 9.69 Å². The summed E-state index contributed by atoms with van der Waals surface area (Å²) in [6.07, 6.45) is -0.199. The Labute approximate surface area is 199 Å². The number of Topliss-reactive ketones (excluding diaryl/α,β-unsaturated/α-hetero) is 1. The molecule has 172 valence electrons. The Bertz CT molecular complexity index is 1250. The molecule has 34 heavy (non-hydrogen) atoms. The Morgan fingerprint density at radius 2 is 1.47 bits per heavy atom. The zero-order valence-corrected chi connectivity index (χ0v) is 19.4. The molecule has 1 fully saturated rings. The van der Waals surface area contributed by atoms with E-state index in [1.54, 1.807) is 13.0 Å². The van der Waals surface area contributed by atoms with Gasteiger partial charge in [0.25, 0.3) is 0 Å². The van der Waals surface area contributed by atoms with Crippen LogP contribution in [0.5, 0.6) is 0 Å². The van der Waals surface area contributed by atoms with Gasteiger partial charge in [0, 0.05) is 24.7 Å². The van der Waals surface area contributed by atoms with Crippen LogP contribution in [0.4, 0.5) is 10.5 Å². The van der Waals surface area contributed by atoms with Gasteiger partial charge in [-0.05, 0) is 36.6 Å². The molecule has 1 heterocycles. The second-order valence-corrected chi connectivity index (χ2v) is 9.10. The number of amides is 2. The summed E-state index contributed by atoms with van der Waals surface area (Å²) in [6, 6.07) is 25.2. The minimum absolute atomic E-state index is 0.116. The second kappa shape index (κ2) is 8.56. The number of para-hydroxylation sites is 1. The summed E-state index contributed by atoms with van der Waals surface area (Å²) < 4.78 is 5.31. The topological polar surface area (TPSA) is 63.7 Å². The lowest BCUT2D eigenvalue weighted by atomic mass is 9.54. The molecule has 0 unspecified atom stereocenters. The van der Waals surface area contributed by atoms with Crippen LogP contribution in [0.2, 0.25) is 0 Å². The summed E-state index contributed by atoms with van der Waals surface area (Å²) >= 11 is 0. The van der Waals surface area contributed by atoms with E-state index in [1.165, 1.54) is 4.90 Å². The van der Waals surface area contributed by atoms with Gasteiger partial charge in [0.15, 0.2) is 0 Å². The molecule has 1 saturated carbocycles. The van der Waals surface area contributed by atoms with Crippen molar-refractivity contribution in [2.45, 2.75) is 43.9 Å². The van der Waals surface area contributed by atoms with Crippen LogP contribution in [0.3, 0.4) is 0 Å². The predicted octanol–water partition coefficient (Wildman–Crippen LogP) is 5.67. The number of ether oxygens (including phenoxy) is 1. The number of nitrogens with zero attached hydrogens (tertiary/aromatic N) is 1. The highest BCUT2D eigenvalue weighted by Gasteiger charge is 2.64. The number of aryl methyl sites for hydroxylation is 1. The molecule has 1 aliphatic heterocycles. The Balaban J connectivity index is 1.81. The maximum absolute atomic E-state index is 14.5. The van der Waals surface area contributed by atoms with Crippen molar-refractivity contribution in [1.82, 2.24) is 0 Å². The molecule has 3 aromatic rings. The van der Waals surface area contributed by atoms with Gasteiger partial charge in [0.2, 0.25) is 5.91 Å². The van der Waals surface area contributed by atoms with Crippen LogP contribution < -0.4 is 4.90 Å². The molecule has 5 rings (SSSR count). The lowest BCUT2D eigenvalue weighted by molar-refractivity contribution is -0.130. The fourth-order valence-electron chi connectivity index (χ4n) is 5.82. The van der Waals surface area contributed by atoms with Crippen molar-refractivity contribution in [3.8, 4) is 0 Å². The van der Waals surface area contributed by atoms with Crippen LogP contribution in [0, 0.1) is 6.92 Å². The predicted molar refractivity (Wildman–Crippen MR) is 130 cm³/mol. The molecule has 2 amide bonds. The van der Waals surface area contributed by atoms with Gasteiger partial charge in [0.05, 0.1) is 17.7 Å². The number of hydrogen-bond acceptors (Lipinski definition) is 4. The van der Waals surface area contributed by atoms with Gasteiger partial charge in [-0.1, -0.05) is 78.4 Å². The largest absolute Gasteiger partial charge is 0.449 e. The number of anilines is 1. The molecule has 5 heteroatoms. The van der Waals surface area contributed by atoms with Gasteiger partial charge in [0.1, 0.15) is 5.78 Å². The van der Waals surface area contributed by atoms with E-state index in [0.29, 0.717) is 5.69 Å². The first-order valence-corrected chi connectivity index (χ1v) is 11.7. The van der Waals surface area contributed by atoms with Crippen LogP contribution in [0.15, 0.2) is 78.9 Å². The van der Waals surface area contributed by atoms with Crippen molar-refractivity contribution < 1.29 is 19.1 Å². The SMILES string of the molecule is CCOC(=O)N1C(=O)[C@]2(c3ccccc31)[C@@H](c1ccccc1)CC(=O)C[C@@H]2c1ccc(C)cc1. The molecular weight excluding hydrogens is 426 g/mol. The van der Waals surface area contributed by atoms with E-state index in [-0.39, 0.29) is 31.1 Å². The molecule has 0 bridgehead atoms. The van der Waals surface area contributed by atoms with Crippen molar-refractivity contribution in [1.29, 1.82) is 0 Å². The molecule has 0 aromatic heterocycles. The Morgan fingerprint density at radius 3 is 2.12 bits per heavy atom. The minimum Gasteiger partial charge on any atom is -0.449 e. The van der Waals surface area contributed by atoms with Gasteiger partial charge in [-0.15, -0.1) is 0 Å². The summed E-state index contributed by atoms with van der Waals surface area (Å²) in [4.78, 5) is 41.9. The van der Waals surface area contributed by atoms with E-state index in [9.17, 15) is 14.4 Å². The molecule has 2 aliphatic rings. The number of benzene rings is 3. The summed E-state index contributed by atoms with van der Waals surface area (Å²) in [5.41, 5.74) is 3.16. The third-order valence-electron chi connectivity index (χ3n) is 7.24. The average molecular weight is 454 g/mol. The smallest absolute Gasteiger partial charge is 0.421 e. The summed E-state index contributed by atoms with van der Waals surface area (Å²) in [5.74, 6) is -1.02. The standard InChI is InChI=1S/C29H27NO4/c1-3-34-28(33)30-26-12-8-7-11-23(26)29(27(30)32)24(20-9-5-4-6-10-20)17-22(31)18-25(29)21-15-13-19(2)14-16-21/h4-16,24-25H,3,17-18H2,1-2H3/t24-,25-,29-/m1/s1. The second-order valence-electron chi connectivity index (χ2n) is 9.10. The number of carbonyl (C=O) groups is 3. The average Bonchev–Trinajstić information content (AvgIpc) is 3.10. The number of ketones is 1. The quantitative estimate of drug-likeness (QED) is 0.513. The van der Waals surface area contributed by atoms with Crippen molar-refractivity contribution in [2.75, 3.05) is 11.5 Å². The third-order valence-corrected chi connectivity index (χ3v) is 7.24. The van der Waals surface area contributed by atoms with Crippen LogP contribution in [0.25, 0.3) is 0 Å². The van der Waals surface area contributed by atoms with Gasteiger partial charge in [-0.2, -0.15) is 0 Å². The molecule has 1 spiro atoms. The summed E-state index contributed by atoms with van der Waals surface area (Å²) in [5, 5.41) is 0. The van der Waals surface area contributed by atoms with E-state index in [1.807, 2.05) is 79.7 Å². The lowest BCUT2D eigenvalue weighted by Gasteiger charge is -2.46. The first-order valence-electron chi connectivity index (χ1n) is 11.7. The number of imide groups is 1. The molecule has 0 radical (unpaired) electrons. The van der Waals surface area contributed by atoms with E-state index < -0.39 is 23.3 Å². The minimum atomic E-state index is -1.10. The van der Waals surface area contributed by atoms with Gasteiger partial charge in [-0.3, -0.25) is 9.59 Å². The molecule has 0 N–H and O–H groups in total. The summed E-state index contributed by atoms with van der Waals surface area (Å²) in [6.45, 7) is 3.90. The van der Waals surface area contributed by atoms with Crippen molar-refractivity contribution in [2.24, 2.45) is 0 Å². The molecule has 3 aromatic carbocycles. The number of fused-ring (bicyclic) bond motifs is 2. The first kappa shape index (κ1) is 22.1. The first-order chi connectivity index (χ1) is 16.5. The zero-order chi connectivity index (χ0) is 23.9. The van der Waals surface area contributed by atoms with E-state index in [4.69, 9.17) is 4.74 Å². The highest BCUT2D eigenvalue weighted by atomic mass is 16.6. The van der Waals surface area contributed by atoms with Crippen LogP contribution in [-0.4, -0.2) is 24.4 Å². The molecule has 5 nitrogen and oxygen atoms in total. The normalized spacial score (nSPS) is 23.8. The highest BCUT2D eigenvalue weighted by molar-refractivity contribution is 6.22. The van der Waals surface area contributed by atoms with E-state index >= 15 is 0 Å². The molecular formula is C29H27NO4. The highest BCUT2D eigenvalue weighted by Crippen LogP contribution is 2.61. The lowest BCUT2D eigenvalue weighted by Crippen LogP contribution is -2.53. The maximum atomic E-state index is 14.5. The monoisotopic (exact) mass is 453 g/mol. The molecule has 3 atom stereocenters. The maximum Gasteiger partial charge on any atom is 0.421 e. The van der Waals surface area contributed by atoms with E-state index in [0.717, 1.165) is 22.3 Å². The summed E-state index contributed by atoms with van der Waals surface area (Å²) in [7, 11) is 0. The Kier molecular flexibility index (Phi) is 5.56. The van der Waals surface area contributed by atoms with E-state index in [2.05, 4.69) is 0 Å². The zero-order valence-electron chi connectivity index (χ0n) is 19.4. The van der Waals surface area contributed by atoms with Gasteiger partial charge < -0.3 is 4.74 Å². The van der Waals surface area contributed by atoms with Crippen molar-refractivity contribution >= 4 is 23.5 Å². The van der Waals surface area contributed by atoms with Crippen LogP contribution in [0.1, 0.15) is 53.9 Å². The number of rotatable bonds is 3. The number of hydrogen-bond donors (Lipinski definition) is 0. The fraction of sp³-hybridized carbons (Fsp3) is 0.276. The van der Waals surface area contributed by atoms with Crippen molar-refractivity contribution in [3.05, 3.63) is 101 Å². The number of carbonyl (C=O) groups excluding carboxylic acids is 3. The Morgan fingerprint density at radius 1 is 0.882 bits per heavy atom. The molecule has 1 aliphatic carbocycles. The molecule has 0 saturated heterocycles. The van der Waals surface area contributed by atoms with Crippen molar-refractivity contribution in [3.63, 3.8) is 0 Å². The van der Waals surface area contributed by atoms with Gasteiger partial charge >= 0.3 is 6.09 Å².